The first-order valence-electron chi connectivity index (χ1n) is 8.98. The zero-order valence-electron chi connectivity index (χ0n) is 13.9. The van der Waals surface area contributed by atoms with E-state index in [0.29, 0.717) is 0 Å². The highest BCUT2D eigenvalue weighted by Crippen LogP contribution is 2.36. The van der Waals surface area contributed by atoms with Crippen LogP contribution in [0.4, 0.5) is 0 Å². The standard InChI is InChI=1S/C18H37N/c1-5-9-16-10-11-18(19-12-6-2)17(14-16)13-15(7-3)8-4/h15-19H,5-14H2,1-4H3. The summed E-state index contributed by atoms with van der Waals surface area (Å²) < 4.78 is 0. The van der Waals surface area contributed by atoms with Gasteiger partial charge in [-0.25, -0.2) is 0 Å². The highest BCUT2D eigenvalue weighted by molar-refractivity contribution is 4.85. The van der Waals surface area contributed by atoms with Gasteiger partial charge in [0.1, 0.15) is 0 Å². The molecule has 19 heavy (non-hydrogen) atoms. The average Bonchev–Trinajstić information content (AvgIpc) is 2.44. The van der Waals surface area contributed by atoms with Gasteiger partial charge in [-0.2, -0.15) is 0 Å². The molecule has 114 valence electrons. The van der Waals surface area contributed by atoms with Crippen molar-refractivity contribution < 1.29 is 0 Å². The summed E-state index contributed by atoms with van der Waals surface area (Å²) in [6.07, 6.45) is 12.7. The van der Waals surface area contributed by atoms with Crippen LogP contribution in [0.5, 0.6) is 0 Å². The second kappa shape index (κ2) is 9.80. The molecule has 1 saturated carbocycles. The van der Waals surface area contributed by atoms with Gasteiger partial charge in [0.15, 0.2) is 0 Å². The molecule has 1 nitrogen and oxygen atoms in total. The lowest BCUT2D eigenvalue weighted by atomic mass is 9.72. The van der Waals surface area contributed by atoms with Gasteiger partial charge in [-0.3, -0.25) is 0 Å². The number of rotatable bonds is 9. The van der Waals surface area contributed by atoms with Crippen molar-refractivity contribution in [3.05, 3.63) is 0 Å². The molecule has 0 aliphatic heterocycles. The zero-order valence-corrected chi connectivity index (χ0v) is 13.9. The average molecular weight is 268 g/mol. The molecule has 1 aliphatic carbocycles. The third-order valence-electron chi connectivity index (χ3n) is 5.24. The Bertz CT molecular complexity index is 210. The second-order valence-electron chi connectivity index (χ2n) is 6.71. The van der Waals surface area contributed by atoms with E-state index >= 15 is 0 Å². The topological polar surface area (TPSA) is 12.0 Å². The van der Waals surface area contributed by atoms with Crippen molar-refractivity contribution in [2.24, 2.45) is 17.8 Å². The quantitative estimate of drug-likeness (QED) is 0.590. The van der Waals surface area contributed by atoms with E-state index in [4.69, 9.17) is 0 Å². The summed E-state index contributed by atoms with van der Waals surface area (Å²) >= 11 is 0. The van der Waals surface area contributed by atoms with Crippen LogP contribution in [-0.4, -0.2) is 12.6 Å². The van der Waals surface area contributed by atoms with E-state index < -0.39 is 0 Å². The maximum atomic E-state index is 3.84. The molecular formula is C18H37N. The predicted molar refractivity (Wildman–Crippen MR) is 86.5 cm³/mol. The first-order valence-corrected chi connectivity index (χ1v) is 8.98. The van der Waals surface area contributed by atoms with E-state index in [-0.39, 0.29) is 0 Å². The van der Waals surface area contributed by atoms with E-state index in [0.717, 1.165) is 23.8 Å². The monoisotopic (exact) mass is 267 g/mol. The van der Waals surface area contributed by atoms with Gasteiger partial charge in [0.25, 0.3) is 0 Å². The molecule has 0 heterocycles. The summed E-state index contributed by atoms with van der Waals surface area (Å²) in [5, 5.41) is 3.84. The summed E-state index contributed by atoms with van der Waals surface area (Å²) in [6, 6.07) is 0.814. The maximum absolute atomic E-state index is 3.84. The molecule has 1 fully saturated rings. The first kappa shape index (κ1) is 17.0. The van der Waals surface area contributed by atoms with Gasteiger partial charge in [-0.1, -0.05) is 53.4 Å². The van der Waals surface area contributed by atoms with Gasteiger partial charge in [-0.05, 0) is 56.4 Å². The molecule has 3 unspecified atom stereocenters. The lowest BCUT2D eigenvalue weighted by Gasteiger charge is -2.38. The van der Waals surface area contributed by atoms with Gasteiger partial charge >= 0.3 is 0 Å². The second-order valence-corrected chi connectivity index (χ2v) is 6.71. The minimum atomic E-state index is 0.814. The number of nitrogens with one attached hydrogen (secondary N) is 1. The van der Waals surface area contributed by atoms with Crippen molar-refractivity contribution in [3.8, 4) is 0 Å². The first-order chi connectivity index (χ1) is 9.24. The van der Waals surface area contributed by atoms with Crippen LogP contribution in [0.15, 0.2) is 0 Å². The summed E-state index contributed by atoms with van der Waals surface area (Å²) in [7, 11) is 0. The summed E-state index contributed by atoms with van der Waals surface area (Å²) in [5.41, 5.74) is 0. The normalized spacial score (nSPS) is 27.9. The van der Waals surface area contributed by atoms with Crippen LogP contribution in [0, 0.1) is 17.8 Å². The van der Waals surface area contributed by atoms with Gasteiger partial charge in [0.05, 0.1) is 0 Å². The number of hydrogen-bond acceptors (Lipinski definition) is 1. The van der Waals surface area contributed by atoms with Crippen LogP contribution < -0.4 is 5.32 Å². The molecule has 0 saturated heterocycles. The largest absolute Gasteiger partial charge is 0.314 e. The summed E-state index contributed by atoms with van der Waals surface area (Å²) in [6.45, 7) is 10.6. The van der Waals surface area contributed by atoms with E-state index in [1.807, 2.05) is 0 Å². The molecule has 0 aromatic carbocycles. The molecule has 0 aromatic heterocycles. The van der Waals surface area contributed by atoms with E-state index in [9.17, 15) is 0 Å². The van der Waals surface area contributed by atoms with Crippen LogP contribution in [0.25, 0.3) is 0 Å². The van der Waals surface area contributed by atoms with E-state index in [2.05, 4.69) is 33.0 Å². The minimum Gasteiger partial charge on any atom is -0.314 e. The van der Waals surface area contributed by atoms with Crippen LogP contribution in [0.1, 0.15) is 85.5 Å². The lowest BCUT2D eigenvalue weighted by molar-refractivity contribution is 0.163. The van der Waals surface area contributed by atoms with Crippen molar-refractivity contribution in [1.29, 1.82) is 0 Å². The van der Waals surface area contributed by atoms with Gasteiger partial charge in [0.2, 0.25) is 0 Å². The predicted octanol–water partition coefficient (Wildman–Crippen LogP) is 5.40. The van der Waals surface area contributed by atoms with E-state index in [1.165, 1.54) is 64.3 Å². The number of hydrogen-bond donors (Lipinski definition) is 1. The molecule has 0 aromatic rings. The SMILES string of the molecule is CCCNC1CCC(CCC)CC1CC(CC)CC. The highest BCUT2D eigenvalue weighted by atomic mass is 14.9. The molecule has 3 atom stereocenters. The van der Waals surface area contributed by atoms with Crippen LogP contribution in [0.2, 0.25) is 0 Å². The molecule has 0 amide bonds. The molecule has 1 heteroatoms. The summed E-state index contributed by atoms with van der Waals surface area (Å²) in [5.74, 6) is 2.92. The molecular weight excluding hydrogens is 230 g/mol. The highest BCUT2D eigenvalue weighted by Gasteiger charge is 2.30. The fourth-order valence-electron chi connectivity index (χ4n) is 3.94. The molecule has 1 aliphatic rings. The molecule has 0 radical (unpaired) electrons. The molecule has 0 bridgehead atoms. The molecule has 0 spiro atoms. The zero-order chi connectivity index (χ0) is 14.1. The smallest absolute Gasteiger partial charge is 0.00956 e. The Morgan fingerprint density at radius 3 is 2.32 bits per heavy atom. The van der Waals surface area contributed by atoms with Crippen molar-refractivity contribution in [3.63, 3.8) is 0 Å². The fourth-order valence-corrected chi connectivity index (χ4v) is 3.94. The Morgan fingerprint density at radius 1 is 1.00 bits per heavy atom. The Morgan fingerprint density at radius 2 is 1.74 bits per heavy atom. The molecule has 1 rings (SSSR count). The Balaban J connectivity index is 2.53. The van der Waals surface area contributed by atoms with Crippen LogP contribution in [-0.2, 0) is 0 Å². The van der Waals surface area contributed by atoms with Crippen LogP contribution >= 0.6 is 0 Å². The van der Waals surface area contributed by atoms with Gasteiger partial charge < -0.3 is 5.32 Å². The Labute approximate surface area is 121 Å². The van der Waals surface area contributed by atoms with Crippen LogP contribution in [0.3, 0.4) is 0 Å². The minimum absolute atomic E-state index is 0.814. The molecule has 1 N–H and O–H groups in total. The van der Waals surface area contributed by atoms with Crippen molar-refractivity contribution in [2.75, 3.05) is 6.54 Å². The van der Waals surface area contributed by atoms with Gasteiger partial charge in [0, 0.05) is 6.04 Å². The third-order valence-corrected chi connectivity index (χ3v) is 5.24. The van der Waals surface area contributed by atoms with Crippen molar-refractivity contribution in [2.45, 2.75) is 91.5 Å². The van der Waals surface area contributed by atoms with Gasteiger partial charge in [-0.15, -0.1) is 0 Å². The summed E-state index contributed by atoms with van der Waals surface area (Å²) in [4.78, 5) is 0. The maximum Gasteiger partial charge on any atom is 0.00956 e. The van der Waals surface area contributed by atoms with Crippen molar-refractivity contribution in [1.82, 2.24) is 5.32 Å². The Hall–Kier alpha value is -0.0400. The third kappa shape index (κ3) is 5.85. The Kier molecular flexibility index (Phi) is 8.77. The van der Waals surface area contributed by atoms with E-state index in [1.54, 1.807) is 0 Å². The lowest BCUT2D eigenvalue weighted by Crippen LogP contribution is -2.41. The van der Waals surface area contributed by atoms with Crippen molar-refractivity contribution >= 4 is 0 Å². The fraction of sp³-hybridized carbons (Fsp3) is 1.00.